The average molecular weight is 354 g/mol. The number of hydrogen-bond acceptors (Lipinski definition) is 1. The van der Waals surface area contributed by atoms with Gasteiger partial charge in [-0.25, -0.2) is 4.39 Å². The Hall–Kier alpha value is -1.02. The lowest BCUT2D eigenvalue weighted by atomic mass is 9.87. The molecule has 0 saturated carbocycles. The summed E-state index contributed by atoms with van der Waals surface area (Å²) in [5.41, 5.74) is -8.14. The molecule has 0 spiro atoms. The van der Waals surface area contributed by atoms with Crippen LogP contribution in [0.2, 0.25) is 0 Å². The fraction of sp³-hybridized carbons (Fsp3) is 1.00. The van der Waals surface area contributed by atoms with Gasteiger partial charge in [-0.15, -0.1) is 4.94 Å². The monoisotopic (exact) mass is 354 g/mol. The highest BCUT2D eigenvalue weighted by molar-refractivity contribution is 5.14. The van der Waals surface area contributed by atoms with Gasteiger partial charge in [-0.05, 0) is 4.53 Å². The van der Waals surface area contributed by atoms with Crippen LogP contribution in [0.3, 0.4) is 0 Å². The average Bonchev–Trinajstić information content (AvgIpc) is 2.23. The van der Waals surface area contributed by atoms with E-state index in [2.05, 4.69) is 0 Å². The Morgan fingerprint density at radius 1 is 0.476 bits per heavy atom. The van der Waals surface area contributed by atoms with Crippen molar-refractivity contribution in [3.8, 4) is 0 Å². The minimum Gasteiger partial charge on any atom is -0.219 e. The fourth-order valence-corrected chi connectivity index (χ4v) is 1.01. The summed E-state index contributed by atoms with van der Waals surface area (Å²) in [5.74, 6) is -16.1. The second-order valence-corrected chi connectivity index (χ2v) is 3.40. The van der Waals surface area contributed by atoms with Gasteiger partial charge in [0.05, 0.1) is 0 Å². The Bertz CT molecular complexity index is 350. The smallest absolute Gasteiger partial charge is 0.219 e. The Labute approximate surface area is 104 Å². The molecule has 0 fully saturated rings. The van der Waals surface area contributed by atoms with Crippen molar-refractivity contribution in [2.24, 2.45) is 0 Å². The van der Waals surface area contributed by atoms with E-state index in [0.29, 0.717) is 0 Å². The molecular weight excluding hydrogens is 354 g/mol. The maximum absolute atomic E-state index is 13.1. The van der Waals surface area contributed by atoms with Crippen LogP contribution in [0.4, 0.5) is 61.6 Å². The van der Waals surface area contributed by atoms with Crippen molar-refractivity contribution in [3.05, 3.63) is 0 Å². The molecule has 0 aromatic carbocycles. The van der Waals surface area contributed by atoms with E-state index in [1.54, 1.807) is 0 Å². The maximum atomic E-state index is 13.1. The molecule has 128 valence electrons. The first-order valence-corrected chi connectivity index (χ1v) is 4.07. The van der Waals surface area contributed by atoms with Crippen molar-refractivity contribution in [2.45, 2.75) is 36.0 Å². The molecule has 0 rings (SSSR count). The van der Waals surface area contributed by atoms with Crippen LogP contribution >= 0.6 is 0 Å². The topological polar surface area (TPSA) is 9.23 Å². The highest BCUT2D eigenvalue weighted by Gasteiger charge is 2.95. The number of halogens is 14. The van der Waals surface area contributed by atoms with Crippen molar-refractivity contribution >= 4 is 0 Å². The summed E-state index contributed by atoms with van der Waals surface area (Å²) in [7, 11) is 0. The summed E-state index contributed by atoms with van der Waals surface area (Å²) in [4.78, 5) is 0.898. The van der Waals surface area contributed by atoms with Crippen LogP contribution in [-0.4, -0.2) is 36.0 Å². The maximum Gasteiger partial charge on any atom is 0.457 e. The van der Waals surface area contributed by atoms with Crippen LogP contribution in [0.15, 0.2) is 0 Å². The first-order valence-electron chi connectivity index (χ1n) is 4.07. The second-order valence-electron chi connectivity index (χ2n) is 3.40. The van der Waals surface area contributed by atoms with E-state index in [0.717, 1.165) is 4.94 Å². The van der Waals surface area contributed by atoms with E-state index in [1.807, 2.05) is 0 Å². The number of alkyl halides is 13. The molecule has 15 heteroatoms. The first kappa shape index (κ1) is 20.0. The van der Waals surface area contributed by atoms with Crippen LogP contribution in [0, 0.1) is 0 Å². The molecule has 0 heterocycles. The molecule has 0 atom stereocenters. The molecule has 0 aliphatic carbocycles. The third-order valence-electron chi connectivity index (χ3n) is 2.08. The molecule has 0 unspecified atom stereocenters. The highest BCUT2D eigenvalue weighted by Crippen LogP contribution is 2.62. The van der Waals surface area contributed by atoms with Gasteiger partial charge in [-0.2, -0.15) is 52.7 Å². The lowest BCUT2D eigenvalue weighted by Gasteiger charge is -2.41. The highest BCUT2D eigenvalue weighted by atomic mass is 19.4. The first-order chi connectivity index (χ1) is 8.81. The van der Waals surface area contributed by atoms with Gasteiger partial charge in [-0.1, -0.05) is 0 Å². The Morgan fingerprint density at radius 3 is 0.857 bits per heavy atom. The van der Waals surface area contributed by atoms with Crippen LogP contribution in [0.25, 0.3) is 0 Å². The lowest BCUT2D eigenvalue weighted by Crippen LogP contribution is -2.75. The van der Waals surface area contributed by atoms with E-state index in [9.17, 15) is 61.6 Å². The van der Waals surface area contributed by atoms with E-state index in [-0.39, 0.29) is 0 Å². The Morgan fingerprint density at radius 2 is 0.714 bits per heavy atom. The molecule has 0 radical (unpaired) electrons. The van der Waals surface area contributed by atoms with Crippen molar-refractivity contribution in [1.29, 1.82) is 0 Å². The number of rotatable bonds is 4. The Balaban J connectivity index is 6.62. The van der Waals surface area contributed by atoms with Crippen molar-refractivity contribution in [3.63, 3.8) is 0 Å². The van der Waals surface area contributed by atoms with Gasteiger partial charge >= 0.3 is 36.0 Å². The number of hydrogen-bond donors (Lipinski definition) is 0. The van der Waals surface area contributed by atoms with Crippen LogP contribution in [0.5, 0.6) is 0 Å². The summed E-state index contributed by atoms with van der Waals surface area (Å²) in [6.45, 7) is 0. The zero-order chi connectivity index (χ0) is 17.7. The predicted octanol–water partition coefficient (Wildman–Crippen LogP) is 4.58. The summed E-state index contributed by atoms with van der Waals surface area (Å²) in [6, 6.07) is 0. The molecule has 0 amide bonds. The van der Waals surface area contributed by atoms with Crippen LogP contribution in [0.1, 0.15) is 0 Å². The van der Waals surface area contributed by atoms with Crippen LogP contribution < -0.4 is 0 Å². The van der Waals surface area contributed by atoms with E-state index in [4.69, 9.17) is 0 Å². The molecule has 0 aliphatic rings. The van der Waals surface area contributed by atoms with Crippen LogP contribution in [-0.2, 0) is 4.94 Å². The predicted molar refractivity (Wildman–Crippen MR) is 33.0 cm³/mol. The molecule has 0 bridgehead atoms. The van der Waals surface area contributed by atoms with Gasteiger partial charge in [0.1, 0.15) is 0 Å². The molecule has 0 aromatic rings. The molecule has 1 nitrogen and oxygen atoms in total. The summed E-state index contributed by atoms with van der Waals surface area (Å²) in [6.07, 6.45) is -22.8. The van der Waals surface area contributed by atoms with Gasteiger partial charge in [0.2, 0.25) is 0 Å². The van der Waals surface area contributed by atoms with E-state index in [1.165, 1.54) is 0 Å². The zero-order valence-electron chi connectivity index (χ0n) is 8.70. The van der Waals surface area contributed by atoms with Crippen molar-refractivity contribution in [2.75, 3.05) is 0 Å². The standard InChI is InChI=1S/C6F14O/c7-1(6(18,19)21-20,2(8,9)4(12,13)14)3(10,11)5(15,16)17. The van der Waals surface area contributed by atoms with Gasteiger partial charge in [0.25, 0.3) is 0 Å². The Kier molecular flexibility index (Phi) is 4.51. The normalized spacial score (nSPS) is 16.3. The molecule has 0 N–H and O–H groups in total. The lowest BCUT2D eigenvalue weighted by molar-refractivity contribution is -0.503. The minimum absolute atomic E-state index is 0.898. The second kappa shape index (κ2) is 4.74. The minimum atomic E-state index is -8.14. The van der Waals surface area contributed by atoms with Gasteiger partial charge < -0.3 is 0 Å². The quantitative estimate of drug-likeness (QED) is 0.672. The third-order valence-corrected chi connectivity index (χ3v) is 2.08. The largest absolute Gasteiger partial charge is 0.457 e. The molecule has 21 heavy (non-hydrogen) atoms. The summed E-state index contributed by atoms with van der Waals surface area (Å²) in [5, 5.41) is 0. The zero-order valence-corrected chi connectivity index (χ0v) is 8.70. The molecule has 0 aromatic heterocycles. The third kappa shape index (κ3) is 2.48. The molecule has 0 saturated heterocycles. The molecular formula is C6F14O. The fourth-order valence-electron chi connectivity index (χ4n) is 1.01. The summed E-state index contributed by atoms with van der Waals surface area (Å²) < 4.78 is 169. The van der Waals surface area contributed by atoms with E-state index >= 15 is 0 Å². The SMILES string of the molecule is FOC(F)(F)C(F)(C(F)(F)C(F)(F)F)C(F)(F)C(F)(F)F. The van der Waals surface area contributed by atoms with Gasteiger partial charge in [-0.3, -0.25) is 0 Å². The molecule has 0 aliphatic heterocycles. The van der Waals surface area contributed by atoms with Crippen molar-refractivity contribution in [1.82, 2.24) is 0 Å². The van der Waals surface area contributed by atoms with E-state index < -0.39 is 36.0 Å². The van der Waals surface area contributed by atoms with Gasteiger partial charge in [0, 0.05) is 0 Å². The van der Waals surface area contributed by atoms with Crippen molar-refractivity contribution < 1.29 is 66.5 Å². The van der Waals surface area contributed by atoms with Gasteiger partial charge in [0.15, 0.2) is 0 Å². The summed E-state index contributed by atoms with van der Waals surface area (Å²) >= 11 is 0.